The van der Waals surface area contributed by atoms with Crippen LogP contribution in [0.15, 0.2) is 36.4 Å². The molecule has 3 rings (SSSR count). The number of fused-ring (bicyclic) bond motifs is 1. The van der Waals surface area contributed by atoms with Crippen LogP contribution in [0.3, 0.4) is 0 Å². The fourth-order valence-electron chi connectivity index (χ4n) is 3.53. The summed E-state index contributed by atoms with van der Waals surface area (Å²) >= 11 is 0. The van der Waals surface area contributed by atoms with Gasteiger partial charge in [0.25, 0.3) is 0 Å². The number of rotatable bonds is 4. The van der Waals surface area contributed by atoms with Crippen LogP contribution in [0.25, 0.3) is 0 Å². The van der Waals surface area contributed by atoms with Gasteiger partial charge < -0.3 is 10.5 Å². The molecule has 0 saturated heterocycles. The number of hydrogen-bond acceptors (Lipinski definition) is 3. The van der Waals surface area contributed by atoms with Crippen molar-refractivity contribution in [3.63, 3.8) is 0 Å². The van der Waals surface area contributed by atoms with Gasteiger partial charge in [-0.05, 0) is 40.0 Å². The van der Waals surface area contributed by atoms with Crippen LogP contribution in [-0.4, -0.2) is 5.97 Å². The Morgan fingerprint density at radius 3 is 2.31 bits per heavy atom. The first-order valence-corrected chi connectivity index (χ1v) is 9.38. The van der Waals surface area contributed by atoms with Gasteiger partial charge in [-0.2, -0.15) is 0 Å². The predicted molar refractivity (Wildman–Crippen MR) is 105 cm³/mol. The Bertz CT molecular complexity index is 813. The van der Waals surface area contributed by atoms with E-state index in [1.165, 1.54) is 5.56 Å². The SMILES string of the molecule is CC(C)Cc1cc(C(C)(C)C)cc2c1OC(=O)C2c1ccc(CN)cc1. The highest BCUT2D eigenvalue weighted by Gasteiger charge is 2.37. The number of ether oxygens (including phenoxy) is 1. The Morgan fingerprint density at radius 1 is 1.12 bits per heavy atom. The third-order valence-corrected chi connectivity index (χ3v) is 4.99. The third kappa shape index (κ3) is 3.54. The quantitative estimate of drug-likeness (QED) is 0.642. The molecule has 0 radical (unpaired) electrons. The van der Waals surface area contributed by atoms with Crippen molar-refractivity contribution in [3.8, 4) is 5.75 Å². The number of carbonyl (C=O) groups is 1. The number of esters is 1. The summed E-state index contributed by atoms with van der Waals surface area (Å²) in [7, 11) is 0. The molecule has 1 aliphatic heterocycles. The Hall–Kier alpha value is -2.13. The van der Waals surface area contributed by atoms with Gasteiger partial charge >= 0.3 is 5.97 Å². The van der Waals surface area contributed by atoms with E-state index in [0.717, 1.165) is 34.4 Å². The van der Waals surface area contributed by atoms with Gasteiger partial charge in [0.2, 0.25) is 0 Å². The topological polar surface area (TPSA) is 52.3 Å². The molecule has 0 amide bonds. The lowest BCUT2D eigenvalue weighted by molar-refractivity contribution is -0.133. The highest BCUT2D eigenvalue weighted by atomic mass is 16.5. The fourth-order valence-corrected chi connectivity index (χ4v) is 3.53. The maximum absolute atomic E-state index is 12.7. The Balaban J connectivity index is 2.14. The minimum atomic E-state index is -0.356. The number of carbonyl (C=O) groups excluding carboxylic acids is 1. The zero-order valence-corrected chi connectivity index (χ0v) is 16.4. The van der Waals surface area contributed by atoms with E-state index < -0.39 is 0 Å². The lowest BCUT2D eigenvalue weighted by Crippen LogP contribution is -2.14. The molecule has 0 spiro atoms. The van der Waals surface area contributed by atoms with E-state index in [1.807, 2.05) is 24.3 Å². The second-order valence-corrected chi connectivity index (χ2v) is 8.70. The van der Waals surface area contributed by atoms with Crippen molar-refractivity contribution in [1.29, 1.82) is 0 Å². The molecule has 0 aliphatic carbocycles. The zero-order valence-electron chi connectivity index (χ0n) is 16.4. The minimum Gasteiger partial charge on any atom is -0.425 e. The van der Waals surface area contributed by atoms with E-state index in [-0.39, 0.29) is 17.3 Å². The monoisotopic (exact) mass is 351 g/mol. The molecule has 2 N–H and O–H groups in total. The van der Waals surface area contributed by atoms with Gasteiger partial charge in [-0.25, -0.2) is 0 Å². The third-order valence-electron chi connectivity index (χ3n) is 4.99. The zero-order chi connectivity index (χ0) is 19.1. The highest BCUT2D eigenvalue weighted by Crippen LogP contribution is 2.44. The van der Waals surface area contributed by atoms with Gasteiger partial charge in [0.1, 0.15) is 11.7 Å². The average molecular weight is 351 g/mol. The predicted octanol–water partition coefficient (Wildman–Crippen LogP) is 4.69. The van der Waals surface area contributed by atoms with Crippen molar-refractivity contribution in [3.05, 3.63) is 64.2 Å². The number of benzene rings is 2. The van der Waals surface area contributed by atoms with Gasteiger partial charge in [-0.3, -0.25) is 4.79 Å². The summed E-state index contributed by atoms with van der Waals surface area (Å²) in [5.74, 6) is 0.724. The van der Waals surface area contributed by atoms with Crippen molar-refractivity contribution in [1.82, 2.24) is 0 Å². The molecule has 1 atom stereocenters. The lowest BCUT2D eigenvalue weighted by atomic mass is 9.81. The molecule has 3 nitrogen and oxygen atoms in total. The number of nitrogens with two attached hydrogens (primary N) is 1. The Morgan fingerprint density at radius 2 is 1.77 bits per heavy atom. The molecule has 138 valence electrons. The first-order chi connectivity index (χ1) is 12.2. The van der Waals surface area contributed by atoms with Crippen LogP contribution in [0.5, 0.6) is 5.75 Å². The second-order valence-electron chi connectivity index (χ2n) is 8.70. The normalized spacial score (nSPS) is 16.7. The number of hydrogen-bond donors (Lipinski definition) is 1. The lowest BCUT2D eigenvalue weighted by Gasteiger charge is -2.22. The van der Waals surface area contributed by atoms with Crippen LogP contribution >= 0.6 is 0 Å². The van der Waals surface area contributed by atoms with E-state index in [9.17, 15) is 4.79 Å². The van der Waals surface area contributed by atoms with E-state index in [4.69, 9.17) is 10.5 Å². The molecule has 2 aromatic carbocycles. The van der Waals surface area contributed by atoms with Crippen molar-refractivity contribution in [2.24, 2.45) is 11.7 Å². The van der Waals surface area contributed by atoms with Crippen LogP contribution in [0.1, 0.15) is 68.4 Å². The molecule has 1 aliphatic rings. The molecular weight excluding hydrogens is 322 g/mol. The highest BCUT2D eigenvalue weighted by molar-refractivity contribution is 5.90. The van der Waals surface area contributed by atoms with Crippen molar-refractivity contribution in [2.45, 2.75) is 58.9 Å². The van der Waals surface area contributed by atoms with Gasteiger partial charge in [0, 0.05) is 12.1 Å². The average Bonchev–Trinajstić information content (AvgIpc) is 2.90. The molecule has 1 unspecified atom stereocenters. The second kappa shape index (κ2) is 6.88. The summed E-state index contributed by atoms with van der Waals surface area (Å²) in [5, 5.41) is 0. The van der Waals surface area contributed by atoms with Gasteiger partial charge in [-0.1, -0.05) is 71.0 Å². The molecule has 0 bridgehead atoms. The summed E-state index contributed by atoms with van der Waals surface area (Å²) < 4.78 is 5.77. The first kappa shape index (κ1) is 18.7. The van der Waals surface area contributed by atoms with Crippen molar-refractivity contribution >= 4 is 5.97 Å². The molecule has 1 heterocycles. The first-order valence-electron chi connectivity index (χ1n) is 9.38. The van der Waals surface area contributed by atoms with Crippen LogP contribution in [0.2, 0.25) is 0 Å². The summed E-state index contributed by atoms with van der Waals surface area (Å²) in [4.78, 5) is 12.7. The molecule has 2 aromatic rings. The Kier molecular flexibility index (Phi) is 4.94. The van der Waals surface area contributed by atoms with Crippen molar-refractivity contribution in [2.75, 3.05) is 0 Å². The summed E-state index contributed by atoms with van der Waals surface area (Å²) in [6.07, 6.45) is 0.901. The molecule has 0 saturated carbocycles. The smallest absolute Gasteiger partial charge is 0.323 e. The van der Waals surface area contributed by atoms with Gasteiger partial charge in [0.15, 0.2) is 0 Å². The van der Waals surface area contributed by atoms with E-state index in [0.29, 0.717) is 12.5 Å². The van der Waals surface area contributed by atoms with E-state index >= 15 is 0 Å². The van der Waals surface area contributed by atoms with E-state index in [2.05, 4.69) is 46.8 Å². The molecule has 3 heteroatoms. The van der Waals surface area contributed by atoms with Crippen molar-refractivity contribution < 1.29 is 9.53 Å². The largest absolute Gasteiger partial charge is 0.425 e. The molecule has 26 heavy (non-hydrogen) atoms. The Labute approximate surface area is 156 Å². The molecule has 0 fully saturated rings. The summed E-state index contributed by atoms with van der Waals surface area (Å²) in [6.45, 7) is 11.5. The maximum Gasteiger partial charge on any atom is 0.323 e. The standard InChI is InChI=1S/C23H29NO2/c1-14(2)10-17-11-18(23(3,4)5)12-19-20(22(25)26-21(17)19)16-8-6-15(13-24)7-9-16/h6-9,11-12,14,20H,10,13,24H2,1-5H3. The van der Waals surface area contributed by atoms with E-state index in [1.54, 1.807) is 0 Å². The van der Waals surface area contributed by atoms with Crippen LogP contribution in [-0.2, 0) is 23.2 Å². The maximum atomic E-state index is 12.7. The van der Waals surface area contributed by atoms with Crippen LogP contribution in [0.4, 0.5) is 0 Å². The van der Waals surface area contributed by atoms with Gasteiger partial charge in [0.05, 0.1) is 0 Å². The molecular formula is C23H29NO2. The van der Waals surface area contributed by atoms with Crippen LogP contribution < -0.4 is 10.5 Å². The molecule has 0 aromatic heterocycles. The summed E-state index contributed by atoms with van der Waals surface area (Å²) in [5.41, 5.74) is 11.1. The summed E-state index contributed by atoms with van der Waals surface area (Å²) in [6, 6.07) is 12.3. The van der Waals surface area contributed by atoms with Gasteiger partial charge in [-0.15, -0.1) is 0 Å². The van der Waals surface area contributed by atoms with Crippen LogP contribution in [0, 0.1) is 5.92 Å². The minimum absolute atomic E-state index is 0.0142. The fraction of sp³-hybridized carbons (Fsp3) is 0.435.